The molecule has 4 aromatic rings. The first-order valence-electron chi connectivity index (χ1n) is 12.3. The molecule has 1 aromatic heterocycles. The Balaban J connectivity index is 1.63. The number of allylic oxidation sites excluding steroid dienone is 2. The molecule has 8 heteroatoms. The second-order valence-electron chi connectivity index (χ2n) is 9.94. The van der Waals surface area contributed by atoms with Crippen LogP contribution in [0.1, 0.15) is 30.5 Å². The van der Waals surface area contributed by atoms with Crippen molar-refractivity contribution in [1.29, 1.82) is 0 Å². The number of likely N-dealkylation sites (N-methyl/N-ethyl adjacent to an activating group) is 1. The Labute approximate surface area is 225 Å². The zero-order valence-corrected chi connectivity index (χ0v) is 22.9. The number of para-hydroxylation sites is 1. The number of aryl methyl sites for hydroxylation is 2. The van der Waals surface area contributed by atoms with E-state index in [9.17, 15) is 10.1 Å². The van der Waals surface area contributed by atoms with Crippen LogP contribution >= 0.6 is 11.3 Å². The fourth-order valence-electron chi connectivity index (χ4n) is 4.88. The Kier molecular flexibility index (Phi) is 6.59. The number of fused-ring (bicyclic) bond motifs is 1. The highest BCUT2D eigenvalue weighted by atomic mass is 32.1. The van der Waals surface area contributed by atoms with E-state index in [4.69, 9.17) is 10.1 Å². The summed E-state index contributed by atoms with van der Waals surface area (Å²) < 4.78 is 1.76. The number of nitro groups is 1. The van der Waals surface area contributed by atoms with Crippen molar-refractivity contribution >= 4 is 34.6 Å². The third-order valence-corrected chi connectivity index (χ3v) is 7.79. The molecule has 0 fully saturated rings. The van der Waals surface area contributed by atoms with Gasteiger partial charge < -0.3 is 4.90 Å². The van der Waals surface area contributed by atoms with Gasteiger partial charge in [-0.15, -0.1) is 11.3 Å². The topological polar surface area (TPSA) is 76.0 Å². The lowest BCUT2D eigenvalue weighted by Gasteiger charge is -2.23. The summed E-state index contributed by atoms with van der Waals surface area (Å²) in [5, 5.41) is 18.2. The van der Waals surface area contributed by atoms with Gasteiger partial charge in [0.05, 0.1) is 16.3 Å². The number of anilines is 1. The molecule has 1 aliphatic rings. The van der Waals surface area contributed by atoms with E-state index in [1.54, 1.807) is 23.0 Å². The van der Waals surface area contributed by atoms with Gasteiger partial charge in [0.2, 0.25) is 4.80 Å². The molecule has 0 saturated heterocycles. The van der Waals surface area contributed by atoms with Crippen molar-refractivity contribution in [1.82, 2.24) is 4.68 Å². The molecule has 0 N–H and O–H groups in total. The highest BCUT2D eigenvalue weighted by Gasteiger charge is 2.37. The maximum Gasteiger partial charge on any atom is 0.270 e. The van der Waals surface area contributed by atoms with Crippen molar-refractivity contribution in [2.45, 2.75) is 33.1 Å². The van der Waals surface area contributed by atoms with Crippen LogP contribution in [0.2, 0.25) is 0 Å². The van der Waals surface area contributed by atoms with Crippen LogP contribution in [-0.2, 0) is 5.41 Å². The summed E-state index contributed by atoms with van der Waals surface area (Å²) in [4.78, 5) is 18.9. The summed E-state index contributed by atoms with van der Waals surface area (Å²) in [6.07, 6.45) is 3.82. The number of rotatable bonds is 5. The van der Waals surface area contributed by atoms with E-state index in [1.165, 1.54) is 28.7 Å². The molecule has 3 aromatic carbocycles. The third kappa shape index (κ3) is 4.59. The molecule has 38 heavy (non-hydrogen) atoms. The normalized spacial score (nSPS) is 16.0. The van der Waals surface area contributed by atoms with Crippen molar-refractivity contribution in [3.8, 4) is 11.3 Å². The van der Waals surface area contributed by atoms with Gasteiger partial charge in [0.15, 0.2) is 0 Å². The third-order valence-electron chi connectivity index (χ3n) is 6.97. The van der Waals surface area contributed by atoms with Crippen LogP contribution < -0.4 is 9.70 Å². The molecule has 0 atom stereocenters. The molecule has 0 amide bonds. The van der Waals surface area contributed by atoms with E-state index < -0.39 is 0 Å². The quantitative estimate of drug-likeness (QED) is 0.159. The van der Waals surface area contributed by atoms with Crippen LogP contribution in [0.4, 0.5) is 17.1 Å². The molecule has 2 heterocycles. The lowest BCUT2D eigenvalue weighted by molar-refractivity contribution is -0.384. The van der Waals surface area contributed by atoms with Gasteiger partial charge in [-0.2, -0.15) is 5.10 Å². The molecule has 1 aliphatic heterocycles. The molecule has 0 bridgehead atoms. The first-order valence-corrected chi connectivity index (χ1v) is 13.2. The first-order chi connectivity index (χ1) is 18.2. The van der Waals surface area contributed by atoms with Gasteiger partial charge >= 0.3 is 0 Å². The number of hydrogen-bond acceptors (Lipinski definition) is 6. The lowest BCUT2D eigenvalue weighted by atomic mass is 9.84. The van der Waals surface area contributed by atoms with Gasteiger partial charge in [0.1, 0.15) is 0 Å². The Morgan fingerprint density at radius 2 is 1.82 bits per heavy atom. The molecule has 0 aliphatic carbocycles. The van der Waals surface area contributed by atoms with Crippen molar-refractivity contribution in [2.24, 2.45) is 10.1 Å². The van der Waals surface area contributed by atoms with Gasteiger partial charge in [-0.05, 0) is 48.7 Å². The number of aromatic nitrogens is 1. The zero-order valence-electron chi connectivity index (χ0n) is 22.0. The Morgan fingerprint density at radius 3 is 2.58 bits per heavy atom. The summed E-state index contributed by atoms with van der Waals surface area (Å²) in [5.41, 5.74) is 7.93. The van der Waals surface area contributed by atoms with Gasteiger partial charge in [-0.1, -0.05) is 56.3 Å². The summed E-state index contributed by atoms with van der Waals surface area (Å²) in [5.74, 6) is 0. The molecule has 7 nitrogen and oxygen atoms in total. The lowest BCUT2D eigenvalue weighted by Crippen LogP contribution is -2.23. The van der Waals surface area contributed by atoms with Crippen LogP contribution in [0.5, 0.6) is 0 Å². The summed E-state index contributed by atoms with van der Waals surface area (Å²) >= 11 is 1.45. The smallest absolute Gasteiger partial charge is 0.270 e. The number of thiazole rings is 1. The highest BCUT2D eigenvalue weighted by molar-refractivity contribution is 7.07. The monoisotopic (exact) mass is 523 g/mol. The van der Waals surface area contributed by atoms with Gasteiger partial charge in [0.25, 0.3) is 5.69 Å². The second-order valence-corrected chi connectivity index (χ2v) is 10.8. The van der Waals surface area contributed by atoms with E-state index in [1.807, 2.05) is 37.4 Å². The molecular weight excluding hydrogens is 494 g/mol. The first kappa shape index (κ1) is 25.4. The van der Waals surface area contributed by atoms with E-state index >= 15 is 0 Å². The molecule has 0 radical (unpaired) electrons. The van der Waals surface area contributed by atoms with Crippen molar-refractivity contribution in [3.05, 3.63) is 115 Å². The fourth-order valence-corrected chi connectivity index (χ4v) is 5.73. The summed E-state index contributed by atoms with van der Waals surface area (Å²) in [6, 6.07) is 21.2. The van der Waals surface area contributed by atoms with Gasteiger partial charge in [0, 0.05) is 53.1 Å². The van der Waals surface area contributed by atoms with E-state index in [0.29, 0.717) is 10.4 Å². The zero-order chi connectivity index (χ0) is 27.0. The average molecular weight is 524 g/mol. The highest BCUT2D eigenvalue weighted by Crippen LogP contribution is 2.46. The Hall–Kier alpha value is -4.30. The van der Waals surface area contributed by atoms with E-state index in [2.05, 4.69) is 62.2 Å². The maximum atomic E-state index is 11.4. The van der Waals surface area contributed by atoms with Crippen LogP contribution in [0.15, 0.2) is 94.0 Å². The van der Waals surface area contributed by atoms with Gasteiger partial charge in [-0.25, -0.2) is 9.67 Å². The SMILES string of the molecule is Cc1ccc(C)c(N=c2scc(-c3cccc([N+](=O)[O-])c3)n2N=CC=C2N(C)c3ccccc3C2(C)C)c1. The molecule has 0 unspecified atom stereocenters. The van der Waals surface area contributed by atoms with Crippen molar-refractivity contribution < 1.29 is 4.92 Å². The van der Waals surface area contributed by atoms with Crippen LogP contribution in [0.25, 0.3) is 11.3 Å². The second kappa shape index (κ2) is 9.87. The fraction of sp³-hybridized carbons (Fsp3) is 0.200. The minimum Gasteiger partial charge on any atom is -0.347 e. The maximum absolute atomic E-state index is 11.4. The number of non-ortho nitro benzene ring substituents is 1. The number of benzene rings is 3. The van der Waals surface area contributed by atoms with Crippen molar-refractivity contribution in [3.63, 3.8) is 0 Å². The van der Waals surface area contributed by atoms with Crippen LogP contribution in [0.3, 0.4) is 0 Å². The van der Waals surface area contributed by atoms with E-state index in [0.717, 1.165) is 28.2 Å². The number of hydrogen-bond donors (Lipinski definition) is 0. The molecule has 5 rings (SSSR count). The van der Waals surface area contributed by atoms with Crippen LogP contribution in [0, 0.1) is 24.0 Å². The minimum absolute atomic E-state index is 0.0338. The largest absolute Gasteiger partial charge is 0.347 e. The summed E-state index contributed by atoms with van der Waals surface area (Å²) in [6.45, 7) is 8.49. The standard InChI is InChI=1S/C30H29N5O2S/c1-20-13-14-21(2)25(17-20)32-29-34(27(19-38-29)22-9-8-10-23(18-22)35(36)37)31-16-15-28-30(3,4)24-11-6-7-12-26(24)33(28)5/h6-19H,1-5H3. The molecule has 0 saturated carbocycles. The van der Waals surface area contributed by atoms with Crippen molar-refractivity contribution in [2.75, 3.05) is 11.9 Å². The molecular formula is C30H29N5O2S. The average Bonchev–Trinajstić information content (AvgIpc) is 3.38. The van der Waals surface area contributed by atoms with E-state index in [-0.39, 0.29) is 16.0 Å². The molecule has 192 valence electrons. The number of nitro benzene ring substituents is 1. The summed E-state index contributed by atoms with van der Waals surface area (Å²) in [7, 11) is 2.07. The predicted molar refractivity (Wildman–Crippen MR) is 155 cm³/mol. The molecule has 0 spiro atoms. The Morgan fingerprint density at radius 1 is 1.03 bits per heavy atom. The number of nitrogens with zero attached hydrogens (tertiary/aromatic N) is 5. The predicted octanol–water partition coefficient (Wildman–Crippen LogP) is 7.12. The Bertz CT molecular complexity index is 1680. The minimum atomic E-state index is -0.384. The van der Waals surface area contributed by atoms with Crippen LogP contribution in [-0.4, -0.2) is 22.9 Å². The van der Waals surface area contributed by atoms with Gasteiger partial charge in [-0.3, -0.25) is 10.1 Å².